The Hall–Kier alpha value is -2.44. The van der Waals surface area contributed by atoms with Gasteiger partial charge in [0.1, 0.15) is 18.3 Å². The molecule has 2 aromatic rings. The molecule has 0 aromatic carbocycles. The molecule has 0 unspecified atom stereocenters. The van der Waals surface area contributed by atoms with E-state index in [-0.39, 0.29) is 30.2 Å². The average molecular weight is 468 g/mol. The highest BCUT2D eigenvalue weighted by Crippen LogP contribution is 2.52. The minimum atomic E-state index is -5.87. The van der Waals surface area contributed by atoms with E-state index in [4.69, 9.17) is 9.84 Å². The van der Waals surface area contributed by atoms with Crippen molar-refractivity contribution < 1.29 is 45.7 Å². The number of aliphatic hydroxyl groups excluding tert-OH is 1. The van der Waals surface area contributed by atoms with Crippen molar-refractivity contribution in [2.45, 2.75) is 44.1 Å². The van der Waals surface area contributed by atoms with Crippen LogP contribution in [0.15, 0.2) is 30.5 Å². The average Bonchev–Trinajstić information content (AvgIpc) is 2.70. The predicted molar refractivity (Wildman–Crippen MR) is 100 cm³/mol. The summed E-state index contributed by atoms with van der Waals surface area (Å²) >= 11 is 0. The Kier molecular flexibility index (Phi) is 8.43. The molecule has 0 aliphatic rings. The number of rotatable bonds is 10. The van der Waals surface area contributed by atoms with E-state index in [0.717, 1.165) is 13.2 Å². The van der Waals surface area contributed by atoms with Crippen LogP contribution >= 0.6 is 0 Å². The van der Waals surface area contributed by atoms with Gasteiger partial charge in [-0.3, -0.25) is 9.97 Å². The Morgan fingerprint density at radius 2 is 1.66 bits per heavy atom. The summed E-state index contributed by atoms with van der Waals surface area (Å²) in [6.45, 7) is 0.323. The summed E-state index contributed by atoms with van der Waals surface area (Å²) in [7, 11) is 0.907. The number of methoxy groups -OCH3 is 1. The van der Waals surface area contributed by atoms with Gasteiger partial charge in [-0.1, -0.05) is 13.3 Å². The van der Waals surface area contributed by atoms with Crippen molar-refractivity contribution in [3.8, 4) is 11.5 Å². The molecule has 2 rings (SSSR count). The van der Waals surface area contributed by atoms with Gasteiger partial charge in [-0.15, -0.1) is 0 Å². The monoisotopic (exact) mass is 468 g/mol. The molecule has 2 aromatic heterocycles. The van der Waals surface area contributed by atoms with Crippen LogP contribution in [0.25, 0.3) is 0 Å². The normalized spacial score (nSPS) is 12.8. The molecular formula is C20H22F6N2O4. The van der Waals surface area contributed by atoms with Crippen molar-refractivity contribution in [3.63, 3.8) is 0 Å². The van der Waals surface area contributed by atoms with E-state index in [0.29, 0.717) is 24.6 Å². The predicted octanol–water partition coefficient (Wildman–Crippen LogP) is 4.70. The van der Waals surface area contributed by atoms with Gasteiger partial charge in [-0.05, 0) is 30.7 Å². The molecule has 0 fully saturated rings. The van der Waals surface area contributed by atoms with Gasteiger partial charge in [0.05, 0.1) is 17.6 Å². The zero-order valence-electron chi connectivity index (χ0n) is 17.3. The van der Waals surface area contributed by atoms with Gasteiger partial charge in [-0.2, -0.15) is 26.3 Å². The largest absolute Gasteiger partial charge is 0.454 e. The Morgan fingerprint density at radius 3 is 2.16 bits per heavy atom. The molecule has 0 bridgehead atoms. The van der Waals surface area contributed by atoms with Crippen LogP contribution in [0.5, 0.6) is 11.5 Å². The topological polar surface area (TPSA) is 73.7 Å². The number of hydrogen-bond donors (Lipinski definition) is 1. The minimum absolute atomic E-state index is 0.0164. The minimum Gasteiger partial charge on any atom is -0.454 e. The van der Waals surface area contributed by atoms with Gasteiger partial charge in [0.25, 0.3) is 0 Å². The van der Waals surface area contributed by atoms with Crippen molar-refractivity contribution >= 4 is 0 Å². The van der Waals surface area contributed by atoms with E-state index >= 15 is 0 Å². The van der Waals surface area contributed by atoms with E-state index in [1.807, 2.05) is 0 Å². The summed E-state index contributed by atoms with van der Waals surface area (Å²) in [5, 5.41) is 8.92. The van der Waals surface area contributed by atoms with Gasteiger partial charge in [0.15, 0.2) is 0 Å². The van der Waals surface area contributed by atoms with E-state index in [2.05, 4.69) is 19.4 Å². The number of pyridine rings is 2. The standard InChI is InChI=1S/C20H22F6N2O4/c1-3-4-15-16(32-14-6-5-13(9-10-29)27-11-14)7-8-17(28-15)18(19(21,22)23,20(24,25)26)31-12-30-2/h5-8,11,29H,3-4,9-10,12H2,1-2H3. The third kappa shape index (κ3) is 5.48. The van der Waals surface area contributed by atoms with Crippen LogP contribution in [0.1, 0.15) is 30.4 Å². The van der Waals surface area contributed by atoms with Crippen molar-refractivity contribution in [2.24, 2.45) is 0 Å². The molecule has 178 valence electrons. The van der Waals surface area contributed by atoms with E-state index in [1.54, 1.807) is 13.0 Å². The number of aromatic nitrogens is 2. The molecular weight excluding hydrogens is 446 g/mol. The van der Waals surface area contributed by atoms with Crippen LogP contribution in [0, 0.1) is 0 Å². The maximum Gasteiger partial charge on any atom is 0.432 e. The van der Waals surface area contributed by atoms with Crippen molar-refractivity contribution in [1.82, 2.24) is 9.97 Å². The zero-order valence-corrected chi connectivity index (χ0v) is 17.3. The highest BCUT2D eigenvalue weighted by Gasteiger charge is 2.74. The highest BCUT2D eigenvalue weighted by molar-refractivity contribution is 5.37. The highest BCUT2D eigenvalue weighted by atomic mass is 19.4. The van der Waals surface area contributed by atoms with E-state index in [1.165, 1.54) is 12.3 Å². The maximum atomic E-state index is 13.7. The lowest BCUT2D eigenvalue weighted by atomic mass is 9.96. The SMILES string of the molecule is CCCc1nc(C(OCOC)(C(F)(F)F)C(F)(F)F)ccc1Oc1ccc(CCO)nc1. The number of nitrogens with zero attached hydrogens (tertiary/aromatic N) is 2. The Bertz CT molecular complexity index is 858. The number of halogens is 6. The zero-order chi connectivity index (χ0) is 24.0. The molecule has 32 heavy (non-hydrogen) atoms. The number of aliphatic hydroxyl groups is 1. The summed E-state index contributed by atoms with van der Waals surface area (Å²) in [5.41, 5.74) is -5.58. The molecule has 1 N–H and O–H groups in total. The Labute approximate surface area is 180 Å². The number of hydrogen-bond acceptors (Lipinski definition) is 6. The van der Waals surface area contributed by atoms with Crippen molar-refractivity contribution in [3.05, 3.63) is 47.5 Å². The van der Waals surface area contributed by atoms with Gasteiger partial charge in [0, 0.05) is 25.8 Å². The first-order valence-electron chi connectivity index (χ1n) is 9.50. The fourth-order valence-electron chi connectivity index (χ4n) is 2.89. The first-order chi connectivity index (χ1) is 15.0. The smallest absolute Gasteiger partial charge is 0.432 e. The van der Waals surface area contributed by atoms with Crippen LogP contribution in [-0.4, -0.2) is 47.9 Å². The lowest BCUT2D eigenvalue weighted by molar-refractivity contribution is -0.401. The third-order valence-corrected chi connectivity index (χ3v) is 4.36. The summed E-state index contributed by atoms with van der Waals surface area (Å²) in [6, 6.07) is 4.64. The van der Waals surface area contributed by atoms with Crippen LogP contribution in [0.3, 0.4) is 0 Å². The molecule has 0 radical (unpaired) electrons. The fraction of sp³-hybridized carbons (Fsp3) is 0.500. The van der Waals surface area contributed by atoms with Gasteiger partial charge in [-0.25, -0.2) is 0 Å². The molecule has 0 amide bonds. The third-order valence-electron chi connectivity index (χ3n) is 4.36. The summed E-state index contributed by atoms with van der Waals surface area (Å²) < 4.78 is 96.6. The number of ether oxygens (including phenoxy) is 3. The molecule has 12 heteroatoms. The molecule has 6 nitrogen and oxygen atoms in total. The van der Waals surface area contributed by atoms with Crippen LogP contribution in [0.4, 0.5) is 26.3 Å². The maximum absolute atomic E-state index is 13.7. The summed E-state index contributed by atoms with van der Waals surface area (Å²) in [6.07, 6.45) is -9.66. The Morgan fingerprint density at radius 1 is 0.969 bits per heavy atom. The van der Waals surface area contributed by atoms with Gasteiger partial charge >= 0.3 is 18.0 Å². The number of aryl methyl sites for hydroxylation is 1. The molecule has 0 atom stereocenters. The molecule has 0 aliphatic heterocycles. The summed E-state index contributed by atoms with van der Waals surface area (Å²) in [5.74, 6) is 0.185. The lowest BCUT2D eigenvalue weighted by Gasteiger charge is -2.36. The van der Waals surface area contributed by atoms with Gasteiger partial charge in [0.2, 0.25) is 0 Å². The van der Waals surface area contributed by atoms with Crippen LogP contribution in [0.2, 0.25) is 0 Å². The quantitative estimate of drug-likeness (QED) is 0.403. The van der Waals surface area contributed by atoms with Crippen molar-refractivity contribution in [2.75, 3.05) is 20.5 Å². The second-order valence-electron chi connectivity index (χ2n) is 6.68. The first kappa shape index (κ1) is 25.8. The second-order valence-corrected chi connectivity index (χ2v) is 6.68. The molecule has 0 aliphatic carbocycles. The van der Waals surface area contributed by atoms with Gasteiger partial charge < -0.3 is 19.3 Å². The van der Waals surface area contributed by atoms with Crippen LogP contribution in [-0.2, 0) is 27.9 Å². The van der Waals surface area contributed by atoms with E-state index in [9.17, 15) is 26.3 Å². The fourth-order valence-corrected chi connectivity index (χ4v) is 2.89. The number of alkyl halides is 6. The summed E-state index contributed by atoms with van der Waals surface area (Å²) in [4.78, 5) is 7.72. The lowest BCUT2D eigenvalue weighted by Crippen LogP contribution is -2.56. The molecule has 0 saturated heterocycles. The Balaban J connectivity index is 2.53. The van der Waals surface area contributed by atoms with E-state index < -0.39 is 30.4 Å². The molecule has 2 heterocycles. The first-order valence-corrected chi connectivity index (χ1v) is 9.50. The second kappa shape index (κ2) is 10.5. The van der Waals surface area contributed by atoms with Crippen molar-refractivity contribution in [1.29, 1.82) is 0 Å². The molecule has 0 spiro atoms. The van der Waals surface area contributed by atoms with Crippen LogP contribution < -0.4 is 4.74 Å². The molecule has 0 saturated carbocycles.